The summed E-state index contributed by atoms with van der Waals surface area (Å²) in [6.07, 6.45) is 1.44. The Hall–Kier alpha value is -1.43. The molecule has 0 bridgehead atoms. The molecule has 0 saturated heterocycles. The second-order valence-electron chi connectivity index (χ2n) is 5.31. The van der Waals surface area contributed by atoms with Crippen molar-refractivity contribution in [1.29, 1.82) is 0 Å². The first-order chi connectivity index (χ1) is 8.82. The molecule has 0 aromatic rings. The van der Waals surface area contributed by atoms with Gasteiger partial charge in [0.05, 0.1) is 0 Å². The molecule has 2 rings (SSSR count). The van der Waals surface area contributed by atoms with Gasteiger partial charge in [-0.1, -0.05) is 27.7 Å². The van der Waals surface area contributed by atoms with Crippen LogP contribution in [0.3, 0.4) is 0 Å². The van der Waals surface area contributed by atoms with E-state index in [0.29, 0.717) is 17.6 Å². The predicted octanol–water partition coefficient (Wildman–Crippen LogP) is 1.91. The Labute approximate surface area is 115 Å². The number of nitrogens with zero attached hydrogens (tertiary/aromatic N) is 2. The SMILES string of the molecule is CC(C)C1=C(C(C)C)N=C2N(C=C(C(=O)O)S2=O)C1. The van der Waals surface area contributed by atoms with E-state index in [9.17, 15) is 9.00 Å². The summed E-state index contributed by atoms with van der Waals surface area (Å²) in [4.78, 5) is 17.1. The van der Waals surface area contributed by atoms with Crippen molar-refractivity contribution >= 4 is 21.9 Å². The van der Waals surface area contributed by atoms with Crippen LogP contribution >= 0.6 is 0 Å². The van der Waals surface area contributed by atoms with E-state index in [1.807, 2.05) is 13.8 Å². The van der Waals surface area contributed by atoms with E-state index < -0.39 is 16.8 Å². The normalized spacial score (nSPS) is 22.8. The van der Waals surface area contributed by atoms with Crippen molar-refractivity contribution < 1.29 is 14.1 Å². The first-order valence-electron chi connectivity index (χ1n) is 6.28. The molecule has 2 aliphatic heterocycles. The first kappa shape index (κ1) is 14.0. The van der Waals surface area contributed by atoms with Crippen LogP contribution in [-0.4, -0.2) is 31.9 Å². The van der Waals surface area contributed by atoms with Gasteiger partial charge in [-0.05, 0) is 17.4 Å². The number of allylic oxidation sites excluding steroid dienone is 1. The lowest BCUT2D eigenvalue weighted by molar-refractivity contribution is -0.131. The lowest BCUT2D eigenvalue weighted by Gasteiger charge is -2.28. The first-order valence-corrected chi connectivity index (χ1v) is 7.43. The van der Waals surface area contributed by atoms with Gasteiger partial charge in [0.2, 0.25) is 5.17 Å². The van der Waals surface area contributed by atoms with Gasteiger partial charge in [0.1, 0.15) is 15.7 Å². The third-order valence-corrected chi connectivity index (χ3v) is 4.56. The number of amidine groups is 1. The number of hydrogen-bond acceptors (Lipinski definition) is 4. The fourth-order valence-corrected chi connectivity index (χ4v) is 3.31. The van der Waals surface area contributed by atoms with Gasteiger partial charge in [-0.3, -0.25) is 0 Å². The number of aliphatic carboxylic acids is 1. The maximum absolute atomic E-state index is 12.1. The fraction of sp³-hybridized carbons (Fsp3) is 0.538. The van der Waals surface area contributed by atoms with E-state index in [2.05, 4.69) is 18.8 Å². The number of carbonyl (C=O) groups is 1. The van der Waals surface area contributed by atoms with Crippen molar-refractivity contribution in [1.82, 2.24) is 4.90 Å². The summed E-state index contributed by atoms with van der Waals surface area (Å²) in [5, 5.41) is 9.38. The second-order valence-corrected chi connectivity index (χ2v) is 6.65. The number of aliphatic imine (C=N–C) groups is 1. The standard InChI is InChI=1S/C13H18N2O3S/c1-7(2)9-5-15-6-10(12(16)17)19(18)13(15)14-11(9)8(3)4/h6-8H,5H2,1-4H3,(H,16,17). The van der Waals surface area contributed by atoms with Gasteiger partial charge >= 0.3 is 5.97 Å². The summed E-state index contributed by atoms with van der Waals surface area (Å²) in [5.41, 5.74) is 2.12. The molecule has 0 spiro atoms. The molecule has 19 heavy (non-hydrogen) atoms. The smallest absolute Gasteiger partial charge is 0.346 e. The van der Waals surface area contributed by atoms with Gasteiger partial charge < -0.3 is 10.0 Å². The van der Waals surface area contributed by atoms with Crippen LogP contribution in [0, 0.1) is 11.8 Å². The van der Waals surface area contributed by atoms with Crippen molar-refractivity contribution in [3.05, 3.63) is 22.4 Å². The highest BCUT2D eigenvalue weighted by atomic mass is 32.2. The summed E-state index contributed by atoms with van der Waals surface area (Å²) in [6, 6.07) is 0. The van der Waals surface area contributed by atoms with Crippen molar-refractivity contribution in [3.8, 4) is 0 Å². The second kappa shape index (κ2) is 4.92. The quantitative estimate of drug-likeness (QED) is 0.858. The van der Waals surface area contributed by atoms with E-state index in [-0.39, 0.29) is 10.8 Å². The Bertz CT molecular complexity index is 544. The van der Waals surface area contributed by atoms with E-state index in [4.69, 9.17) is 5.11 Å². The van der Waals surface area contributed by atoms with Gasteiger partial charge in [-0.2, -0.15) is 0 Å². The largest absolute Gasteiger partial charge is 0.477 e. The molecule has 0 aromatic heterocycles. The third kappa shape index (κ3) is 2.36. The zero-order chi connectivity index (χ0) is 14.3. The molecule has 2 aliphatic rings. The van der Waals surface area contributed by atoms with Crippen molar-refractivity contribution in [3.63, 3.8) is 0 Å². The van der Waals surface area contributed by atoms with Crippen LogP contribution in [0.5, 0.6) is 0 Å². The molecule has 6 heteroatoms. The number of rotatable bonds is 3. The highest BCUT2D eigenvalue weighted by molar-refractivity contribution is 8.05. The van der Waals surface area contributed by atoms with Crippen LogP contribution in [0.1, 0.15) is 27.7 Å². The van der Waals surface area contributed by atoms with Crippen molar-refractivity contribution in [2.24, 2.45) is 16.8 Å². The van der Waals surface area contributed by atoms with E-state index in [1.54, 1.807) is 4.90 Å². The highest BCUT2D eigenvalue weighted by Gasteiger charge is 2.36. The summed E-state index contributed by atoms with van der Waals surface area (Å²) in [6.45, 7) is 8.84. The Morgan fingerprint density at radius 2 is 2.00 bits per heavy atom. The molecule has 0 amide bonds. The number of hydrogen-bond donors (Lipinski definition) is 1. The van der Waals surface area contributed by atoms with Crippen LogP contribution in [-0.2, 0) is 15.6 Å². The van der Waals surface area contributed by atoms with Crippen LogP contribution < -0.4 is 0 Å². The zero-order valence-electron chi connectivity index (χ0n) is 11.5. The molecule has 2 heterocycles. The summed E-state index contributed by atoms with van der Waals surface area (Å²) in [5.74, 6) is -0.580. The summed E-state index contributed by atoms with van der Waals surface area (Å²) < 4.78 is 12.1. The van der Waals surface area contributed by atoms with Gasteiger partial charge in [-0.25, -0.2) is 14.0 Å². The topological polar surface area (TPSA) is 70.0 Å². The summed E-state index contributed by atoms with van der Waals surface area (Å²) in [7, 11) is -1.67. The fourth-order valence-electron chi connectivity index (χ4n) is 2.22. The van der Waals surface area contributed by atoms with E-state index in [1.165, 1.54) is 11.8 Å². The van der Waals surface area contributed by atoms with Crippen LogP contribution in [0.2, 0.25) is 0 Å². The van der Waals surface area contributed by atoms with Gasteiger partial charge in [-0.15, -0.1) is 0 Å². The molecule has 0 saturated carbocycles. The van der Waals surface area contributed by atoms with Crippen LogP contribution in [0.4, 0.5) is 0 Å². The zero-order valence-corrected chi connectivity index (χ0v) is 12.3. The molecule has 1 unspecified atom stereocenters. The number of fused-ring (bicyclic) bond motifs is 1. The molecule has 0 radical (unpaired) electrons. The molecular weight excluding hydrogens is 264 g/mol. The lowest BCUT2D eigenvalue weighted by Crippen LogP contribution is -2.32. The molecule has 5 nitrogen and oxygen atoms in total. The maximum Gasteiger partial charge on any atom is 0.346 e. The molecule has 0 aliphatic carbocycles. The molecule has 104 valence electrons. The Kier molecular flexibility index (Phi) is 3.62. The van der Waals surface area contributed by atoms with Crippen molar-refractivity contribution in [2.75, 3.05) is 6.54 Å². The molecular formula is C13H18N2O3S. The predicted molar refractivity (Wildman–Crippen MR) is 74.7 cm³/mol. The Morgan fingerprint density at radius 3 is 2.47 bits per heavy atom. The average molecular weight is 282 g/mol. The number of carboxylic acids is 1. The molecule has 1 atom stereocenters. The molecule has 1 N–H and O–H groups in total. The average Bonchev–Trinajstić information content (AvgIpc) is 2.65. The van der Waals surface area contributed by atoms with E-state index in [0.717, 1.165) is 5.70 Å². The minimum atomic E-state index is -1.67. The monoisotopic (exact) mass is 282 g/mol. The van der Waals surface area contributed by atoms with E-state index >= 15 is 0 Å². The summed E-state index contributed by atoms with van der Waals surface area (Å²) >= 11 is 0. The Morgan fingerprint density at radius 1 is 1.37 bits per heavy atom. The third-order valence-electron chi connectivity index (χ3n) is 3.22. The van der Waals surface area contributed by atoms with Gasteiger partial charge in [0.25, 0.3) is 0 Å². The highest BCUT2D eigenvalue weighted by Crippen LogP contribution is 2.32. The molecule has 0 aromatic carbocycles. The minimum absolute atomic E-state index is 0.0909. The Balaban J connectivity index is 2.46. The van der Waals surface area contributed by atoms with Gasteiger partial charge in [0.15, 0.2) is 0 Å². The van der Waals surface area contributed by atoms with Crippen LogP contribution in [0.25, 0.3) is 0 Å². The lowest BCUT2D eigenvalue weighted by atomic mass is 9.94. The van der Waals surface area contributed by atoms with Crippen molar-refractivity contribution in [2.45, 2.75) is 27.7 Å². The van der Waals surface area contributed by atoms with Gasteiger partial charge in [0, 0.05) is 18.4 Å². The minimum Gasteiger partial charge on any atom is -0.477 e. The van der Waals surface area contributed by atoms with Crippen LogP contribution in [0.15, 0.2) is 27.4 Å². The number of carboxylic acid groups (broad SMARTS) is 1. The maximum atomic E-state index is 12.1. The molecule has 0 fully saturated rings.